The van der Waals surface area contributed by atoms with Gasteiger partial charge in [-0.15, -0.1) is 0 Å². The van der Waals surface area contributed by atoms with Gasteiger partial charge in [0.25, 0.3) is 0 Å². The van der Waals surface area contributed by atoms with Crippen LogP contribution in [0.5, 0.6) is 11.5 Å². The van der Waals surface area contributed by atoms with E-state index in [1.54, 1.807) is 48.5 Å². The van der Waals surface area contributed by atoms with Crippen LogP contribution in [0.4, 0.5) is 0 Å². The van der Waals surface area contributed by atoms with Gasteiger partial charge in [0.2, 0.25) is 0 Å². The molecular formula is C28H25O7+. The molecule has 0 saturated heterocycles. The Morgan fingerprint density at radius 3 is 1.80 bits per heavy atom. The number of rotatable bonds is 8. The lowest BCUT2D eigenvalue weighted by molar-refractivity contribution is -0.135. The van der Waals surface area contributed by atoms with Crippen molar-refractivity contribution in [3.63, 3.8) is 0 Å². The molecule has 0 aliphatic rings. The molecule has 4 aromatic rings. The van der Waals surface area contributed by atoms with Crippen molar-refractivity contribution in [2.24, 2.45) is 0 Å². The molecule has 7 heteroatoms. The number of carboxylic acid groups (broad SMARTS) is 1. The van der Waals surface area contributed by atoms with Crippen LogP contribution in [0.3, 0.4) is 0 Å². The summed E-state index contributed by atoms with van der Waals surface area (Å²) in [5, 5.41) is 10.9. The molecule has 35 heavy (non-hydrogen) atoms. The predicted molar refractivity (Wildman–Crippen MR) is 132 cm³/mol. The van der Waals surface area contributed by atoms with E-state index >= 15 is 0 Å². The number of esters is 2. The van der Waals surface area contributed by atoms with Gasteiger partial charge in [-0.1, -0.05) is 26.0 Å². The van der Waals surface area contributed by atoms with Gasteiger partial charge in [0.1, 0.15) is 11.5 Å². The fourth-order valence-electron chi connectivity index (χ4n) is 3.87. The lowest BCUT2D eigenvalue weighted by atomic mass is 9.95. The SMILES string of the molecule is CCCC(=O)Oc1ccc2c(-c3cccc(C(=O)O)c3)c3ccc(OC(=O)CCC)cc3[o+]c2c1. The third-order valence-corrected chi connectivity index (χ3v) is 5.43. The molecular weight excluding hydrogens is 448 g/mol. The summed E-state index contributed by atoms with van der Waals surface area (Å²) in [5.41, 5.74) is 2.46. The van der Waals surface area contributed by atoms with Crippen molar-refractivity contribution in [1.82, 2.24) is 0 Å². The van der Waals surface area contributed by atoms with Crippen molar-refractivity contribution in [2.45, 2.75) is 39.5 Å². The minimum Gasteiger partial charge on any atom is -0.478 e. The summed E-state index contributed by atoms with van der Waals surface area (Å²) in [6.45, 7) is 3.79. The summed E-state index contributed by atoms with van der Waals surface area (Å²) in [5.74, 6) is -1.03. The van der Waals surface area contributed by atoms with Gasteiger partial charge < -0.3 is 14.6 Å². The Labute approximate surface area is 201 Å². The Morgan fingerprint density at radius 1 is 0.771 bits per heavy atom. The first-order chi connectivity index (χ1) is 16.9. The minimum atomic E-state index is -1.03. The van der Waals surface area contributed by atoms with Gasteiger partial charge in [0.05, 0.1) is 28.5 Å². The molecule has 0 radical (unpaired) electrons. The zero-order chi connectivity index (χ0) is 24.9. The Kier molecular flexibility index (Phi) is 7.06. The van der Waals surface area contributed by atoms with Crippen molar-refractivity contribution in [3.8, 4) is 22.6 Å². The van der Waals surface area contributed by atoms with Gasteiger partial charge in [0, 0.05) is 18.4 Å². The fraction of sp³-hybridized carbons (Fsp3) is 0.214. The molecule has 1 N–H and O–H groups in total. The predicted octanol–water partition coefficient (Wildman–Crippen LogP) is 6.64. The highest BCUT2D eigenvalue weighted by molar-refractivity contribution is 6.09. The van der Waals surface area contributed by atoms with Gasteiger partial charge in [-0.25, -0.2) is 9.21 Å². The zero-order valence-electron chi connectivity index (χ0n) is 19.5. The van der Waals surface area contributed by atoms with Crippen LogP contribution < -0.4 is 9.47 Å². The number of fused-ring (bicyclic) bond motifs is 2. The zero-order valence-corrected chi connectivity index (χ0v) is 19.5. The molecule has 0 amide bonds. The summed E-state index contributed by atoms with van der Waals surface area (Å²) >= 11 is 0. The third-order valence-electron chi connectivity index (χ3n) is 5.43. The van der Waals surface area contributed by atoms with Crippen molar-refractivity contribution in [3.05, 3.63) is 66.2 Å². The molecule has 0 spiro atoms. The number of ether oxygens (including phenoxy) is 2. The Hall–Kier alpha value is -4.26. The first-order valence-electron chi connectivity index (χ1n) is 11.5. The standard InChI is InChI=1S/C28H24O7/c1-3-6-25(29)33-19-10-12-21-23(15-19)35-24-16-20(34-26(30)7-4-2)11-13-22(24)27(21)17-8-5-9-18(14-17)28(31)32/h5,8-16H,3-4,6-7H2,1-2H3/p+1. The largest absolute Gasteiger partial charge is 0.478 e. The molecule has 178 valence electrons. The molecule has 0 bridgehead atoms. The maximum absolute atomic E-state index is 12.0. The Morgan fingerprint density at radius 2 is 1.31 bits per heavy atom. The molecule has 7 nitrogen and oxygen atoms in total. The topological polar surface area (TPSA) is 101 Å². The second-order valence-corrected chi connectivity index (χ2v) is 8.13. The Balaban J connectivity index is 1.92. The number of hydrogen-bond donors (Lipinski definition) is 1. The van der Waals surface area contributed by atoms with Gasteiger partial charge >= 0.3 is 29.1 Å². The van der Waals surface area contributed by atoms with E-state index < -0.39 is 5.97 Å². The summed E-state index contributed by atoms with van der Waals surface area (Å²) in [4.78, 5) is 35.6. The van der Waals surface area contributed by atoms with E-state index in [-0.39, 0.29) is 17.5 Å². The second-order valence-electron chi connectivity index (χ2n) is 8.13. The molecule has 1 aromatic heterocycles. The highest BCUT2D eigenvalue weighted by Crippen LogP contribution is 2.39. The van der Waals surface area contributed by atoms with Gasteiger partial charge in [-0.2, -0.15) is 0 Å². The lowest BCUT2D eigenvalue weighted by Gasteiger charge is -2.09. The molecule has 0 unspecified atom stereocenters. The second kappa shape index (κ2) is 10.3. The van der Waals surface area contributed by atoms with Crippen LogP contribution in [0.25, 0.3) is 33.1 Å². The van der Waals surface area contributed by atoms with Crippen LogP contribution >= 0.6 is 0 Å². The molecule has 0 fully saturated rings. The van der Waals surface area contributed by atoms with E-state index in [0.717, 1.165) is 5.56 Å². The summed E-state index contributed by atoms with van der Waals surface area (Å²) < 4.78 is 17.0. The van der Waals surface area contributed by atoms with E-state index in [4.69, 9.17) is 13.9 Å². The first kappa shape index (κ1) is 23.9. The van der Waals surface area contributed by atoms with E-state index in [1.807, 2.05) is 19.9 Å². The minimum absolute atomic E-state index is 0.153. The lowest BCUT2D eigenvalue weighted by Crippen LogP contribution is -2.07. The van der Waals surface area contributed by atoms with Crippen LogP contribution in [0.15, 0.2) is 65.1 Å². The van der Waals surface area contributed by atoms with Crippen LogP contribution in [-0.2, 0) is 9.59 Å². The van der Waals surface area contributed by atoms with E-state index in [1.165, 1.54) is 6.07 Å². The molecule has 0 aliphatic heterocycles. The van der Waals surface area contributed by atoms with Gasteiger partial charge in [-0.05, 0) is 54.8 Å². The average Bonchev–Trinajstić information content (AvgIpc) is 2.82. The van der Waals surface area contributed by atoms with E-state index in [9.17, 15) is 19.5 Å². The highest BCUT2D eigenvalue weighted by atomic mass is 16.5. The third kappa shape index (κ3) is 5.30. The number of aromatic carboxylic acids is 1. The number of hydrogen-bond acceptors (Lipinski definition) is 5. The number of benzene rings is 3. The molecule has 4 rings (SSSR count). The number of carbonyl (C=O) groups is 3. The van der Waals surface area contributed by atoms with Crippen molar-refractivity contribution < 1.29 is 33.4 Å². The van der Waals surface area contributed by atoms with E-state index in [0.29, 0.717) is 64.7 Å². The highest BCUT2D eigenvalue weighted by Gasteiger charge is 2.23. The quantitative estimate of drug-likeness (QED) is 0.132. The fourth-order valence-corrected chi connectivity index (χ4v) is 3.87. The monoisotopic (exact) mass is 473 g/mol. The van der Waals surface area contributed by atoms with Crippen molar-refractivity contribution >= 4 is 39.8 Å². The van der Waals surface area contributed by atoms with Crippen LogP contribution in [0.1, 0.15) is 49.9 Å². The number of carbonyl (C=O) groups excluding carboxylic acids is 2. The Bertz CT molecular complexity index is 1360. The van der Waals surface area contributed by atoms with Gasteiger partial charge in [-0.3, -0.25) is 9.59 Å². The van der Waals surface area contributed by atoms with Crippen LogP contribution in [-0.4, -0.2) is 23.0 Å². The summed E-state index contributed by atoms with van der Waals surface area (Å²) in [7, 11) is 0. The van der Waals surface area contributed by atoms with Crippen LogP contribution in [0.2, 0.25) is 0 Å². The summed E-state index contributed by atoms with van der Waals surface area (Å²) in [6, 6.07) is 16.8. The molecule has 1 heterocycles. The molecule has 0 aliphatic carbocycles. The normalized spacial score (nSPS) is 10.9. The first-order valence-corrected chi connectivity index (χ1v) is 11.5. The van der Waals surface area contributed by atoms with Gasteiger partial charge in [0.15, 0.2) is 0 Å². The maximum atomic E-state index is 12.0. The molecule has 0 atom stereocenters. The van der Waals surface area contributed by atoms with E-state index in [2.05, 4.69) is 0 Å². The molecule has 3 aromatic carbocycles. The average molecular weight is 474 g/mol. The van der Waals surface area contributed by atoms with Crippen LogP contribution in [0, 0.1) is 0 Å². The summed E-state index contributed by atoms with van der Waals surface area (Å²) in [6.07, 6.45) is 1.94. The molecule has 0 saturated carbocycles. The maximum Gasteiger partial charge on any atom is 0.365 e. The number of carboxylic acids is 1. The van der Waals surface area contributed by atoms with Crippen molar-refractivity contribution in [2.75, 3.05) is 0 Å². The van der Waals surface area contributed by atoms with Crippen molar-refractivity contribution in [1.29, 1.82) is 0 Å². The smallest absolute Gasteiger partial charge is 0.365 e.